The molecule has 4 heterocycles. The number of likely N-dealkylation sites (N-methyl/N-ethyl adjacent to an activating group) is 1. The normalized spacial score (nSPS) is 32.4. The number of hydrogen-bond acceptors (Lipinski definition) is 4. The van der Waals surface area contributed by atoms with Gasteiger partial charge < -0.3 is 15.1 Å². The summed E-state index contributed by atoms with van der Waals surface area (Å²) in [6.07, 6.45) is 2.53. The molecular weight excluding hydrogens is 252 g/mol. The van der Waals surface area contributed by atoms with Gasteiger partial charge in [-0.3, -0.25) is 9.69 Å². The summed E-state index contributed by atoms with van der Waals surface area (Å²) in [4.78, 5) is 19.4. The molecule has 0 aromatic carbocycles. The fraction of sp³-hybridized carbons (Fsp3) is 0.933. The Bertz CT molecular complexity index is 319. The molecular formula is C15H28N4O. The van der Waals surface area contributed by atoms with Gasteiger partial charge in [0.15, 0.2) is 0 Å². The van der Waals surface area contributed by atoms with Gasteiger partial charge in [0, 0.05) is 45.3 Å². The molecule has 4 aliphatic rings. The number of carbonyl (C=O) groups is 1. The first-order valence-electron chi connectivity index (χ1n) is 8.20. The van der Waals surface area contributed by atoms with Crippen molar-refractivity contribution in [3.05, 3.63) is 0 Å². The van der Waals surface area contributed by atoms with Crippen LogP contribution in [0.2, 0.25) is 0 Å². The Labute approximate surface area is 122 Å². The minimum atomic E-state index is 0.343. The second kappa shape index (κ2) is 6.41. The highest BCUT2D eigenvalue weighted by Gasteiger charge is 2.31. The molecule has 1 N–H and O–H groups in total. The molecule has 0 radical (unpaired) electrons. The van der Waals surface area contributed by atoms with Gasteiger partial charge in [-0.2, -0.15) is 0 Å². The number of piperidine rings is 1. The molecule has 5 nitrogen and oxygen atoms in total. The fourth-order valence-electron chi connectivity index (χ4n) is 3.70. The number of rotatable bonds is 3. The van der Waals surface area contributed by atoms with Crippen molar-refractivity contribution in [2.75, 3.05) is 58.9 Å². The van der Waals surface area contributed by atoms with Gasteiger partial charge in [0.05, 0.1) is 6.54 Å². The largest absolute Gasteiger partial charge is 0.340 e. The number of nitrogens with one attached hydrogen (secondary N) is 1. The highest BCUT2D eigenvalue weighted by atomic mass is 16.2. The number of hydrogen-bond donors (Lipinski definition) is 1. The van der Waals surface area contributed by atoms with E-state index in [1.165, 1.54) is 12.8 Å². The molecule has 0 saturated carbocycles. The first-order chi connectivity index (χ1) is 9.74. The van der Waals surface area contributed by atoms with E-state index in [9.17, 15) is 4.79 Å². The second-order valence-corrected chi connectivity index (χ2v) is 6.56. The SMILES string of the molecule is CCN1CCN(CC(=O)N2C[C@H]3CC[C@@H](C2)NC3)CC1. The lowest BCUT2D eigenvalue weighted by Crippen LogP contribution is -2.50. The summed E-state index contributed by atoms with van der Waals surface area (Å²) in [6, 6.07) is 0.537. The number of carbonyl (C=O) groups excluding carboxylic acids is 1. The van der Waals surface area contributed by atoms with Crippen molar-refractivity contribution in [2.45, 2.75) is 25.8 Å². The van der Waals surface area contributed by atoms with E-state index in [1.807, 2.05) is 0 Å². The highest BCUT2D eigenvalue weighted by molar-refractivity contribution is 5.78. The second-order valence-electron chi connectivity index (χ2n) is 6.56. The Balaban J connectivity index is 1.49. The Morgan fingerprint density at radius 2 is 1.85 bits per heavy atom. The molecule has 114 valence electrons. The average Bonchev–Trinajstić information content (AvgIpc) is 2.82. The van der Waals surface area contributed by atoms with Crippen molar-refractivity contribution in [3.8, 4) is 0 Å². The van der Waals surface area contributed by atoms with Crippen LogP contribution in [0.25, 0.3) is 0 Å². The van der Waals surface area contributed by atoms with Crippen LogP contribution < -0.4 is 5.32 Å². The van der Waals surface area contributed by atoms with Gasteiger partial charge in [-0.1, -0.05) is 6.92 Å². The molecule has 4 saturated heterocycles. The summed E-state index contributed by atoms with van der Waals surface area (Å²) < 4.78 is 0. The molecule has 2 atom stereocenters. The molecule has 4 fully saturated rings. The van der Waals surface area contributed by atoms with Gasteiger partial charge in [-0.15, -0.1) is 0 Å². The first-order valence-corrected chi connectivity index (χ1v) is 8.20. The number of amides is 1. The van der Waals surface area contributed by atoms with E-state index in [0.717, 1.165) is 52.4 Å². The third kappa shape index (κ3) is 3.32. The smallest absolute Gasteiger partial charge is 0.236 e. The molecule has 0 aliphatic carbocycles. The van der Waals surface area contributed by atoms with Crippen LogP contribution in [0.15, 0.2) is 0 Å². The molecule has 0 aromatic rings. The van der Waals surface area contributed by atoms with Gasteiger partial charge in [0.2, 0.25) is 5.91 Å². The molecule has 1 amide bonds. The number of fused-ring (bicyclic) bond motifs is 4. The van der Waals surface area contributed by atoms with Crippen molar-refractivity contribution in [1.29, 1.82) is 0 Å². The fourth-order valence-corrected chi connectivity index (χ4v) is 3.70. The predicted molar refractivity (Wildman–Crippen MR) is 79.6 cm³/mol. The van der Waals surface area contributed by atoms with E-state index < -0.39 is 0 Å². The van der Waals surface area contributed by atoms with Crippen LogP contribution in [-0.2, 0) is 4.79 Å². The molecule has 2 bridgehead atoms. The molecule has 4 aliphatic heterocycles. The Morgan fingerprint density at radius 3 is 2.50 bits per heavy atom. The topological polar surface area (TPSA) is 38.8 Å². The van der Waals surface area contributed by atoms with Crippen LogP contribution in [0.5, 0.6) is 0 Å². The Kier molecular flexibility index (Phi) is 4.58. The van der Waals surface area contributed by atoms with Gasteiger partial charge in [0.1, 0.15) is 0 Å². The average molecular weight is 280 g/mol. The summed E-state index contributed by atoms with van der Waals surface area (Å²) in [6.45, 7) is 11.2. The molecule has 0 spiro atoms. The van der Waals surface area contributed by atoms with E-state index >= 15 is 0 Å². The Hall–Kier alpha value is -0.650. The van der Waals surface area contributed by atoms with Crippen LogP contribution in [-0.4, -0.2) is 85.6 Å². The first kappa shape index (κ1) is 14.3. The minimum Gasteiger partial charge on any atom is -0.340 e. The van der Waals surface area contributed by atoms with Crippen LogP contribution in [0.1, 0.15) is 19.8 Å². The van der Waals surface area contributed by atoms with E-state index in [4.69, 9.17) is 0 Å². The monoisotopic (exact) mass is 280 g/mol. The summed E-state index contributed by atoms with van der Waals surface area (Å²) >= 11 is 0. The summed E-state index contributed by atoms with van der Waals surface area (Å²) in [5, 5.41) is 3.57. The zero-order chi connectivity index (χ0) is 13.9. The lowest BCUT2D eigenvalue weighted by Gasteiger charge is -2.34. The standard InChI is InChI=1S/C15H28N4O/c1-2-17-5-7-18(8-6-17)12-15(20)19-10-13-3-4-14(11-19)16-9-13/h13-14,16H,2-12H2,1H3/t13-,14-/m0/s1. The third-order valence-electron chi connectivity index (χ3n) is 5.16. The zero-order valence-corrected chi connectivity index (χ0v) is 12.7. The van der Waals surface area contributed by atoms with E-state index in [2.05, 4.69) is 26.9 Å². The van der Waals surface area contributed by atoms with Crippen molar-refractivity contribution >= 4 is 5.91 Å². The quantitative estimate of drug-likeness (QED) is 0.779. The molecule has 5 heteroatoms. The number of piperazine rings is 1. The highest BCUT2D eigenvalue weighted by Crippen LogP contribution is 2.21. The number of nitrogens with zero attached hydrogens (tertiary/aromatic N) is 3. The molecule has 20 heavy (non-hydrogen) atoms. The summed E-state index contributed by atoms with van der Waals surface area (Å²) in [7, 11) is 0. The molecule has 4 rings (SSSR count). The van der Waals surface area contributed by atoms with Crippen molar-refractivity contribution in [2.24, 2.45) is 5.92 Å². The van der Waals surface area contributed by atoms with Crippen molar-refractivity contribution in [3.63, 3.8) is 0 Å². The van der Waals surface area contributed by atoms with Crippen LogP contribution in [0.3, 0.4) is 0 Å². The maximum atomic E-state index is 12.5. The summed E-state index contributed by atoms with van der Waals surface area (Å²) in [5.41, 5.74) is 0. The van der Waals surface area contributed by atoms with Crippen molar-refractivity contribution < 1.29 is 4.79 Å². The summed E-state index contributed by atoms with van der Waals surface area (Å²) in [5.74, 6) is 1.02. The Morgan fingerprint density at radius 1 is 1.10 bits per heavy atom. The van der Waals surface area contributed by atoms with E-state index in [-0.39, 0.29) is 0 Å². The minimum absolute atomic E-state index is 0.343. The van der Waals surface area contributed by atoms with E-state index in [0.29, 0.717) is 24.4 Å². The van der Waals surface area contributed by atoms with Crippen LogP contribution >= 0.6 is 0 Å². The van der Waals surface area contributed by atoms with Gasteiger partial charge in [0.25, 0.3) is 0 Å². The maximum absolute atomic E-state index is 12.5. The van der Waals surface area contributed by atoms with Crippen LogP contribution in [0, 0.1) is 5.92 Å². The van der Waals surface area contributed by atoms with Gasteiger partial charge in [-0.25, -0.2) is 0 Å². The molecule has 0 aromatic heterocycles. The lowest BCUT2D eigenvalue weighted by molar-refractivity contribution is -0.133. The molecule has 0 unspecified atom stereocenters. The zero-order valence-electron chi connectivity index (χ0n) is 12.7. The van der Waals surface area contributed by atoms with Crippen molar-refractivity contribution in [1.82, 2.24) is 20.0 Å². The maximum Gasteiger partial charge on any atom is 0.236 e. The van der Waals surface area contributed by atoms with Crippen LogP contribution in [0.4, 0.5) is 0 Å². The predicted octanol–water partition coefficient (Wildman–Crippen LogP) is -0.166. The van der Waals surface area contributed by atoms with Gasteiger partial charge >= 0.3 is 0 Å². The lowest BCUT2D eigenvalue weighted by atomic mass is 9.97. The third-order valence-corrected chi connectivity index (χ3v) is 5.16. The van der Waals surface area contributed by atoms with E-state index in [1.54, 1.807) is 0 Å². The van der Waals surface area contributed by atoms with Gasteiger partial charge in [-0.05, 0) is 31.8 Å².